The first-order valence-corrected chi connectivity index (χ1v) is 8.72. The van der Waals surface area contributed by atoms with Gasteiger partial charge in [0.05, 0.1) is 5.57 Å². The third-order valence-corrected chi connectivity index (χ3v) is 4.77. The molecule has 0 amide bonds. The van der Waals surface area contributed by atoms with Crippen LogP contribution < -0.4 is 5.14 Å². The maximum atomic E-state index is 14.4. The summed E-state index contributed by atoms with van der Waals surface area (Å²) in [6.07, 6.45) is 0. The summed E-state index contributed by atoms with van der Waals surface area (Å²) < 4.78 is 56.0. The quantitative estimate of drug-likeness (QED) is 0.846. The molecule has 3 rings (SSSR count). The van der Waals surface area contributed by atoms with Gasteiger partial charge in [0.25, 0.3) is 0 Å². The van der Waals surface area contributed by atoms with Crippen molar-refractivity contribution in [3.63, 3.8) is 0 Å². The van der Waals surface area contributed by atoms with E-state index in [0.29, 0.717) is 17.7 Å². The molecule has 1 aliphatic heterocycles. The first-order valence-electron chi connectivity index (χ1n) is 7.18. The number of nitrogens with two attached hydrogens (primary N) is 1. The lowest BCUT2D eigenvalue weighted by Crippen LogP contribution is -2.15. The molecule has 0 aromatic heterocycles. The fourth-order valence-electron chi connectivity index (χ4n) is 2.61. The zero-order valence-corrected chi connectivity index (χ0v) is 13.9. The molecule has 0 aliphatic carbocycles. The van der Waals surface area contributed by atoms with Gasteiger partial charge in [-0.2, -0.15) is 0 Å². The Morgan fingerprint density at radius 2 is 1.72 bits per heavy atom. The van der Waals surface area contributed by atoms with Crippen molar-refractivity contribution in [2.45, 2.75) is 11.8 Å². The molecule has 2 aromatic carbocycles. The molecule has 2 aromatic rings. The second kappa shape index (κ2) is 6.05. The molecule has 0 bridgehead atoms. The number of rotatable bonds is 3. The molecule has 2 N–H and O–H groups in total. The zero-order valence-electron chi connectivity index (χ0n) is 13.0. The average Bonchev–Trinajstić information content (AvgIpc) is 2.90. The minimum absolute atomic E-state index is 0.113. The lowest BCUT2D eigenvalue weighted by molar-refractivity contribution is -0.133. The van der Waals surface area contributed by atoms with Crippen molar-refractivity contribution in [3.8, 4) is 0 Å². The molecular weight excluding hydrogens is 352 g/mol. The van der Waals surface area contributed by atoms with Gasteiger partial charge in [-0.15, -0.1) is 0 Å². The van der Waals surface area contributed by atoms with E-state index in [2.05, 4.69) is 0 Å². The maximum absolute atomic E-state index is 14.4. The highest BCUT2D eigenvalue weighted by Crippen LogP contribution is 2.35. The van der Waals surface area contributed by atoms with Crippen LogP contribution in [0.4, 0.5) is 8.78 Å². The highest BCUT2D eigenvalue weighted by atomic mass is 32.2. The van der Waals surface area contributed by atoms with Gasteiger partial charge >= 0.3 is 5.97 Å². The van der Waals surface area contributed by atoms with E-state index in [9.17, 15) is 22.0 Å². The minimum atomic E-state index is -4.41. The summed E-state index contributed by atoms with van der Waals surface area (Å²) in [4.78, 5) is 11.1. The first kappa shape index (κ1) is 17.2. The third-order valence-electron chi connectivity index (χ3n) is 3.85. The molecule has 0 saturated carbocycles. The van der Waals surface area contributed by atoms with E-state index < -0.39 is 32.5 Å². The molecule has 1 aliphatic rings. The Labute approximate surface area is 142 Å². The van der Waals surface area contributed by atoms with Crippen molar-refractivity contribution in [2.24, 2.45) is 5.14 Å². The largest absolute Gasteiger partial charge is 0.457 e. The molecule has 0 spiro atoms. The summed E-state index contributed by atoms with van der Waals surface area (Å²) >= 11 is 0. The molecule has 0 unspecified atom stereocenters. The summed E-state index contributed by atoms with van der Waals surface area (Å²) in [7, 11) is -4.41. The van der Waals surface area contributed by atoms with E-state index in [1.165, 1.54) is 0 Å². The van der Waals surface area contributed by atoms with Crippen LogP contribution in [0.25, 0.3) is 11.1 Å². The minimum Gasteiger partial charge on any atom is -0.457 e. The Bertz CT molecular complexity index is 1010. The van der Waals surface area contributed by atoms with E-state index in [1.54, 1.807) is 24.3 Å². The molecule has 0 saturated heterocycles. The predicted molar refractivity (Wildman–Crippen MR) is 86.7 cm³/mol. The van der Waals surface area contributed by atoms with Gasteiger partial charge in [0, 0.05) is 11.1 Å². The fraction of sp³-hybridized carbons (Fsp3) is 0.118. The molecule has 0 fully saturated rings. The molecule has 25 heavy (non-hydrogen) atoms. The van der Waals surface area contributed by atoms with Crippen molar-refractivity contribution < 1.29 is 26.7 Å². The predicted octanol–water partition coefficient (Wildman–Crippen LogP) is 2.39. The van der Waals surface area contributed by atoms with Gasteiger partial charge in [-0.25, -0.2) is 27.1 Å². The number of benzene rings is 2. The van der Waals surface area contributed by atoms with Crippen LogP contribution >= 0.6 is 0 Å². The normalized spacial score (nSPS) is 14.8. The highest BCUT2D eigenvalue weighted by Gasteiger charge is 2.30. The van der Waals surface area contributed by atoms with Gasteiger partial charge in [-0.05, 0) is 24.6 Å². The summed E-state index contributed by atoms with van der Waals surface area (Å²) in [6.45, 7) is 1.63. The summed E-state index contributed by atoms with van der Waals surface area (Å²) in [5.74, 6) is -2.87. The van der Waals surface area contributed by atoms with E-state index in [0.717, 1.165) is 5.56 Å². The number of esters is 1. The van der Waals surface area contributed by atoms with Gasteiger partial charge in [-0.1, -0.05) is 29.8 Å². The van der Waals surface area contributed by atoms with Gasteiger partial charge in [-0.3, -0.25) is 0 Å². The molecule has 8 heteroatoms. The lowest BCUT2D eigenvalue weighted by atomic mass is 9.95. The number of aryl methyl sites for hydroxylation is 1. The van der Waals surface area contributed by atoms with Crippen molar-refractivity contribution in [3.05, 3.63) is 64.7 Å². The number of carbonyl (C=O) groups excluding carboxylic acids is 1. The van der Waals surface area contributed by atoms with Crippen LogP contribution in [-0.4, -0.2) is 21.0 Å². The lowest BCUT2D eigenvalue weighted by Gasteiger charge is -2.09. The monoisotopic (exact) mass is 365 g/mol. The second-order valence-corrected chi connectivity index (χ2v) is 7.13. The number of cyclic esters (lactones) is 1. The van der Waals surface area contributed by atoms with Gasteiger partial charge < -0.3 is 4.74 Å². The number of sulfonamides is 1. The van der Waals surface area contributed by atoms with Crippen molar-refractivity contribution in [1.82, 2.24) is 0 Å². The van der Waals surface area contributed by atoms with Gasteiger partial charge in [0.15, 0.2) is 0 Å². The number of halogens is 2. The molecule has 1 heterocycles. The van der Waals surface area contributed by atoms with E-state index >= 15 is 0 Å². The Kier molecular flexibility index (Phi) is 4.18. The second-order valence-electron chi connectivity index (χ2n) is 5.60. The maximum Gasteiger partial charge on any atom is 0.339 e. The SMILES string of the molecule is Cc1ccc(C2=C(c3cc(F)c(S(N)(=O)=O)cc3F)COC2=O)cc1. The third kappa shape index (κ3) is 3.18. The van der Waals surface area contributed by atoms with Gasteiger partial charge in [0.1, 0.15) is 23.1 Å². The Morgan fingerprint density at radius 3 is 2.32 bits per heavy atom. The molecule has 5 nitrogen and oxygen atoms in total. The first-order chi connectivity index (χ1) is 11.7. The molecule has 0 atom stereocenters. The van der Waals surface area contributed by atoms with Crippen LogP contribution in [0.3, 0.4) is 0 Å². The van der Waals surface area contributed by atoms with E-state index in [4.69, 9.17) is 9.88 Å². The number of primary sulfonamides is 1. The topological polar surface area (TPSA) is 86.5 Å². The van der Waals surface area contributed by atoms with Crippen LogP contribution in [0.5, 0.6) is 0 Å². The Balaban J connectivity index is 2.21. The average molecular weight is 365 g/mol. The highest BCUT2D eigenvalue weighted by molar-refractivity contribution is 7.89. The van der Waals surface area contributed by atoms with Crippen molar-refractivity contribution >= 4 is 27.1 Å². The number of hydrogen-bond donors (Lipinski definition) is 1. The van der Waals surface area contributed by atoms with Crippen LogP contribution in [0, 0.1) is 18.6 Å². The van der Waals surface area contributed by atoms with Crippen LogP contribution in [0.1, 0.15) is 16.7 Å². The Hall–Kier alpha value is -2.58. The van der Waals surface area contributed by atoms with E-state index in [-0.39, 0.29) is 23.3 Å². The molecular formula is C17H13F2NO4S. The van der Waals surface area contributed by atoms with Crippen LogP contribution in [-0.2, 0) is 19.6 Å². The zero-order chi connectivity index (χ0) is 18.4. The number of carbonyl (C=O) groups is 1. The van der Waals surface area contributed by atoms with Crippen LogP contribution in [0.2, 0.25) is 0 Å². The van der Waals surface area contributed by atoms with Crippen molar-refractivity contribution in [1.29, 1.82) is 0 Å². The number of hydrogen-bond acceptors (Lipinski definition) is 4. The van der Waals surface area contributed by atoms with Crippen molar-refractivity contribution in [2.75, 3.05) is 6.61 Å². The summed E-state index contributed by atoms with van der Waals surface area (Å²) in [5.41, 5.74) is 1.48. The molecule has 0 radical (unpaired) electrons. The Morgan fingerprint density at radius 1 is 1.08 bits per heavy atom. The van der Waals surface area contributed by atoms with Crippen LogP contribution in [0.15, 0.2) is 41.3 Å². The van der Waals surface area contributed by atoms with Gasteiger partial charge in [0.2, 0.25) is 10.0 Å². The summed E-state index contributed by atoms with van der Waals surface area (Å²) in [5, 5.41) is 4.86. The number of ether oxygens (including phenoxy) is 1. The summed E-state index contributed by atoms with van der Waals surface area (Å²) in [6, 6.07) is 8.09. The molecule has 130 valence electrons. The van der Waals surface area contributed by atoms with E-state index in [1.807, 2.05) is 6.92 Å². The fourth-order valence-corrected chi connectivity index (χ4v) is 3.21. The standard InChI is InChI=1S/C17H13F2NO4S/c1-9-2-4-10(5-3-9)16-12(8-24-17(16)21)11-6-14(19)15(7-13(11)18)25(20,22)23/h2-7H,8H2,1H3,(H2,20,22,23). The smallest absolute Gasteiger partial charge is 0.339 e.